The molecule has 3 aromatic rings. The highest BCUT2D eigenvalue weighted by molar-refractivity contribution is 6.09. The Hall–Kier alpha value is -3.15. The summed E-state index contributed by atoms with van der Waals surface area (Å²) >= 11 is 0. The summed E-state index contributed by atoms with van der Waals surface area (Å²) in [5.41, 5.74) is 0.870. The monoisotopic (exact) mass is 286 g/mol. The lowest BCUT2D eigenvalue weighted by Crippen LogP contribution is -1.97. The fourth-order valence-electron chi connectivity index (χ4n) is 2.28. The number of hydrogen-bond acceptors (Lipinski definition) is 5. The molecule has 0 aliphatic carbocycles. The van der Waals surface area contributed by atoms with Gasteiger partial charge in [-0.3, -0.25) is 0 Å². The zero-order valence-corrected chi connectivity index (χ0v) is 10.6. The molecule has 4 N–H and O–H groups in total. The molecule has 0 aliphatic heterocycles. The number of fused-ring (bicyclic) bond motifs is 1. The second-order valence-electron chi connectivity index (χ2n) is 4.56. The highest BCUT2D eigenvalue weighted by atomic mass is 16.4. The molecule has 0 fully saturated rings. The number of carbonyl (C=O) groups is 1. The molecule has 3 rings (SSSR count). The number of carboxylic acid groups (broad SMARTS) is 1. The molecule has 2 aromatic carbocycles. The molecule has 0 unspecified atom stereocenters. The lowest BCUT2D eigenvalue weighted by Gasteiger charge is -2.04. The first-order valence-corrected chi connectivity index (χ1v) is 5.96. The Morgan fingerprint density at radius 2 is 1.52 bits per heavy atom. The van der Waals surface area contributed by atoms with E-state index >= 15 is 0 Å². The molecule has 6 nitrogen and oxygen atoms in total. The predicted molar refractivity (Wildman–Crippen MR) is 73.6 cm³/mol. The smallest absolute Gasteiger partial charge is 0.336 e. The number of furan rings is 1. The molecule has 21 heavy (non-hydrogen) atoms. The van der Waals surface area contributed by atoms with E-state index in [0.29, 0.717) is 11.1 Å². The molecule has 6 heteroatoms. The molecular formula is C15H10O6. The number of benzene rings is 2. The van der Waals surface area contributed by atoms with Crippen LogP contribution < -0.4 is 0 Å². The molecule has 0 spiro atoms. The molecular weight excluding hydrogens is 276 g/mol. The first-order valence-electron chi connectivity index (χ1n) is 5.96. The van der Waals surface area contributed by atoms with Crippen LogP contribution in [0.3, 0.4) is 0 Å². The van der Waals surface area contributed by atoms with Crippen molar-refractivity contribution >= 4 is 16.9 Å². The minimum atomic E-state index is -1.22. The maximum Gasteiger partial charge on any atom is 0.336 e. The number of hydrogen-bond donors (Lipinski definition) is 4. The van der Waals surface area contributed by atoms with Crippen molar-refractivity contribution in [3.05, 3.63) is 42.2 Å². The van der Waals surface area contributed by atoms with Gasteiger partial charge in [-0.2, -0.15) is 0 Å². The van der Waals surface area contributed by atoms with Crippen molar-refractivity contribution < 1.29 is 29.6 Å². The van der Waals surface area contributed by atoms with Gasteiger partial charge < -0.3 is 24.8 Å². The zero-order chi connectivity index (χ0) is 15.1. The third-order valence-electron chi connectivity index (χ3n) is 3.10. The topological polar surface area (TPSA) is 111 Å². The summed E-state index contributed by atoms with van der Waals surface area (Å²) in [6.07, 6.45) is 1.31. The first-order chi connectivity index (χ1) is 9.95. The van der Waals surface area contributed by atoms with Crippen molar-refractivity contribution in [3.8, 4) is 28.4 Å². The van der Waals surface area contributed by atoms with Gasteiger partial charge in [-0.25, -0.2) is 4.79 Å². The van der Waals surface area contributed by atoms with Crippen LogP contribution in [0.5, 0.6) is 17.2 Å². The normalized spacial score (nSPS) is 10.9. The minimum absolute atomic E-state index is 0.128. The Bertz CT molecular complexity index is 842. The van der Waals surface area contributed by atoms with Crippen LogP contribution in [-0.2, 0) is 0 Å². The lowest BCUT2D eigenvalue weighted by molar-refractivity contribution is 0.0698. The van der Waals surface area contributed by atoms with Crippen molar-refractivity contribution in [1.29, 1.82) is 0 Å². The Labute approximate surface area is 118 Å². The highest BCUT2D eigenvalue weighted by Gasteiger charge is 2.18. The van der Waals surface area contributed by atoms with Crippen LogP contribution in [-0.4, -0.2) is 26.4 Å². The van der Waals surface area contributed by atoms with E-state index in [-0.39, 0.29) is 33.8 Å². The molecule has 106 valence electrons. The van der Waals surface area contributed by atoms with E-state index in [1.165, 1.54) is 24.5 Å². The molecule has 0 bridgehead atoms. The summed E-state index contributed by atoms with van der Waals surface area (Å²) in [7, 11) is 0. The van der Waals surface area contributed by atoms with Crippen LogP contribution >= 0.6 is 0 Å². The van der Waals surface area contributed by atoms with E-state index in [1.807, 2.05) is 0 Å². The van der Waals surface area contributed by atoms with Gasteiger partial charge in [0.15, 0.2) is 0 Å². The molecule has 0 aliphatic rings. The van der Waals surface area contributed by atoms with E-state index in [2.05, 4.69) is 0 Å². The molecule has 1 heterocycles. The standard InChI is InChI=1S/C15H10O6/c16-8-1-7(2-9(17)3-8)12-6-21-13-5-10(18)4-11(14(12)13)15(19)20/h1-6,16-18H,(H,19,20). The van der Waals surface area contributed by atoms with Crippen LogP contribution in [0.1, 0.15) is 10.4 Å². The Morgan fingerprint density at radius 3 is 2.14 bits per heavy atom. The van der Waals surface area contributed by atoms with Crippen LogP contribution in [0.2, 0.25) is 0 Å². The van der Waals surface area contributed by atoms with Crippen molar-refractivity contribution in [2.75, 3.05) is 0 Å². The van der Waals surface area contributed by atoms with Crippen molar-refractivity contribution in [1.82, 2.24) is 0 Å². The zero-order valence-electron chi connectivity index (χ0n) is 10.6. The number of carboxylic acids is 1. The second-order valence-corrected chi connectivity index (χ2v) is 4.56. The van der Waals surface area contributed by atoms with E-state index in [9.17, 15) is 25.2 Å². The van der Waals surface area contributed by atoms with Gasteiger partial charge >= 0.3 is 5.97 Å². The van der Waals surface area contributed by atoms with E-state index < -0.39 is 5.97 Å². The van der Waals surface area contributed by atoms with Crippen LogP contribution in [0.15, 0.2) is 41.0 Å². The summed E-state index contributed by atoms with van der Waals surface area (Å²) in [5.74, 6) is -1.76. The van der Waals surface area contributed by atoms with Gasteiger partial charge in [0.05, 0.1) is 11.8 Å². The van der Waals surface area contributed by atoms with E-state index in [4.69, 9.17) is 4.42 Å². The fraction of sp³-hybridized carbons (Fsp3) is 0. The highest BCUT2D eigenvalue weighted by Crippen LogP contribution is 2.38. The van der Waals surface area contributed by atoms with Gasteiger partial charge in [-0.1, -0.05) is 0 Å². The maximum absolute atomic E-state index is 11.3. The van der Waals surface area contributed by atoms with Gasteiger partial charge in [0.25, 0.3) is 0 Å². The molecule has 1 aromatic heterocycles. The number of phenols is 3. The van der Waals surface area contributed by atoms with Crippen LogP contribution in [0.25, 0.3) is 22.1 Å². The number of rotatable bonds is 2. The average Bonchev–Trinajstić information content (AvgIpc) is 2.79. The quantitative estimate of drug-likeness (QED) is 0.576. The van der Waals surface area contributed by atoms with Gasteiger partial charge in [0.2, 0.25) is 0 Å². The summed E-state index contributed by atoms with van der Waals surface area (Å²) in [6, 6.07) is 6.33. The second kappa shape index (κ2) is 4.45. The number of aromatic carboxylic acids is 1. The summed E-state index contributed by atoms with van der Waals surface area (Å²) in [4.78, 5) is 11.3. The van der Waals surface area contributed by atoms with Gasteiger partial charge in [-0.15, -0.1) is 0 Å². The van der Waals surface area contributed by atoms with E-state index in [1.54, 1.807) is 0 Å². The van der Waals surface area contributed by atoms with Gasteiger partial charge in [0, 0.05) is 23.1 Å². The SMILES string of the molecule is O=C(O)c1cc(O)cc2occ(-c3cc(O)cc(O)c3)c12. The summed E-state index contributed by atoms with van der Waals surface area (Å²) < 4.78 is 5.27. The van der Waals surface area contributed by atoms with Crippen LogP contribution in [0, 0.1) is 0 Å². The lowest BCUT2D eigenvalue weighted by atomic mass is 10.00. The minimum Gasteiger partial charge on any atom is -0.508 e. The number of aromatic hydroxyl groups is 3. The summed E-state index contributed by atoms with van der Waals surface area (Å²) in [6.45, 7) is 0. The Kier molecular flexibility index (Phi) is 2.72. The van der Waals surface area contributed by atoms with Crippen molar-refractivity contribution in [2.45, 2.75) is 0 Å². The van der Waals surface area contributed by atoms with Gasteiger partial charge in [0.1, 0.15) is 22.8 Å². The molecule has 0 saturated heterocycles. The fourth-order valence-corrected chi connectivity index (χ4v) is 2.28. The molecule has 0 amide bonds. The maximum atomic E-state index is 11.3. The van der Waals surface area contributed by atoms with Gasteiger partial charge in [-0.05, 0) is 23.8 Å². The molecule has 0 radical (unpaired) electrons. The summed E-state index contributed by atoms with van der Waals surface area (Å²) in [5, 5.41) is 38.1. The molecule has 0 saturated carbocycles. The Morgan fingerprint density at radius 1 is 0.905 bits per heavy atom. The third kappa shape index (κ3) is 2.12. The third-order valence-corrected chi connectivity index (χ3v) is 3.10. The Balaban J connectivity index is 2.36. The van der Waals surface area contributed by atoms with Crippen molar-refractivity contribution in [2.24, 2.45) is 0 Å². The number of phenolic OH excluding ortho intramolecular Hbond substituents is 3. The first kappa shape index (κ1) is 12.9. The van der Waals surface area contributed by atoms with Crippen molar-refractivity contribution in [3.63, 3.8) is 0 Å². The average molecular weight is 286 g/mol. The largest absolute Gasteiger partial charge is 0.508 e. The predicted octanol–water partition coefficient (Wildman–Crippen LogP) is 2.91. The molecule has 0 atom stereocenters. The van der Waals surface area contributed by atoms with Crippen LogP contribution in [0.4, 0.5) is 0 Å². The van der Waals surface area contributed by atoms with E-state index in [0.717, 1.165) is 12.1 Å².